The molecule has 1 aliphatic heterocycles. The predicted molar refractivity (Wildman–Crippen MR) is 69.6 cm³/mol. The molecule has 1 fully saturated rings. The number of hydrogen-bond acceptors (Lipinski definition) is 5. The van der Waals surface area contributed by atoms with Crippen molar-refractivity contribution in [1.82, 2.24) is 14.3 Å². The first kappa shape index (κ1) is 13.2. The van der Waals surface area contributed by atoms with E-state index in [1.165, 1.54) is 10.6 Å². The van der Waals surface area contributed by atoms with Gasteiger partial charge in [-0.25, -0.2) is 22.7 Å². The van der Waals surface area contributed by atoms with Crippen LogP contribution in [0.15, 0.2) is 6.20 Å². The fourth-order valence-electron chi connectivity index (χ4n) is 2.35. The quantitative estimate of drug-likeness (QED) is 0.845. The van der Waals surface area contributed by atoms with Crippen molar-refractivity contribution < 1.29 is 8.42 Å². The summed E-state index contributed by atoms with van der Waals surface area (Å²) in [6.07, 6.45) is 4.72. The summed E-state index contributed by atoms with van der Waals surface area (Å²) < 4.78 is 24.7. The van der Waals surface area contributed by atoms with Crippen molar-refractivity contribution in [2.75, 3.05) is 25.1 Å². The van der Waals surface area contributed by atoms with Gasteiger partial charge < -0.3 is 5.73 Å². The average Bonchev–Trinajstić information content (AvgIpc) is 2.31. The van der Waals surface area contributed by atoms with Gasteiger partial charge in [0.1, 0.15) is 0 Å². The summed E-state index contributed by atoms with van der Waals surface area (Å²) in [5.74, 6) is 0.353. The molecule has 2 N–H and O–H groups in total. The van der Waals surface area contributed by atoms with Crippen molar-refractivity contribution in [3.8, 4) is 0 Å². The van der Waals surface area contributed by atoms with Gasteiger partial charge in [0, 0.05) is 25.2 Å². The Balaban J connectivity index is 2.26. The summed E-state index contributed by atoms with van der Waals surface area (Å²) in [4.78, 5) is 8.19. The molecule has 0 aliphatic carbocycles. The molecule has 1 unspecified atom stereocenters. The number of sulfonamides is 1. The molecule has 18 heavy (non-hydrogen) atoms. The van der Waals surface area contributed by atoms with Gasteiger partial charge >= 0.3 is 0 Å². The number of nitrogen functional groups attached to an aromatic ring is 1. The van der Waals surface area contributed by atoms with E-state index < -0.39 is 10.0 Å². The van der Waals surface area contributed by atoms with Gasteiger partial charge in [0.2, 0.25) is 16.0 Å². The maximum atomic E-state index is 11.6. The van der Waals surface area contributed by atoms with E-state index in [0.29, 0.717) is 13.1 Å². The lowest BCUT2D eigenvalue weighted by Crippen LogP contribution is -2.38. The Labute approximate surface area is 107 Å². The van der Waals surface area contributed by atoms with Crippen LogP contribution in [0.5, 0.6) is 0 Å². The van der Waals surface area contributed by atoms with Crippen molar-refractivity contribution in [2.45, 2.75) is 25.7 Å². The van der Waals surface area contributed by atoms with E-state index >= 15 is 0 Å². The van der Waals surface area contributed by atoms with Crippen molar-refractivity contribution in [3.63, 3.8) is 0 Å². The molecule has 0 aromatic carbocycles. The summed E-state index contributed by atoms with van der Waals surface area (Å²) in [7, 11) is -3.13. The van der Waals surface area contributed by atoms with Crippen molar-refractivity contribution >= 4 is 16.0 Å². The van der Waals surface area contributed by atoms with Crippen LogP contribution in [0.1, 0.15) is 30.0 Å². The number of hydrogen-bond donors (Lipinski definition) is 1. The van der Waals surface area contributed by atoms with Gasteiger partial charge in [0.25, 0.3) is 0 Å². The lowest BCUT2D eigenvalue weighted by molar-refractivity contribution is 0.314. The Morgan fingerprint density at radius 3 is 2.89 bits per heavy atom. The molecule has 0 spiro atoms. The third-order valence-electron chi connectivity index (χ3n) is 3.27. The second kappa shape index (κ2) is 4.81. The van der Waals surface area contributed by atoms with Crippen LogP contribution in [0.3, 0.4) is 0 Å². The summed E-state index contributed by atoms with van der Waals surface area (Å²) in [6.45, 7) is 3.00. The first-order valence-corrected chi connectivity index (χ1v) is 7.77. The number of rotatable bonds is 2. The number of aromatic nitrogens is 2. The summed E-state index contributed by atoms with van der Waals surface area (Å²) in [5, 5.41) is 0. The minimum absolute atomic E-state index is 0.110. The third kappa shape index (κ3) is 2.78. The highest BCUT2D eigenvalue weighted by molar-refractivity contribution is 7.88. The first-order chi connectivity index (χ1) is 8.38. The molecule has 6 nitrogen and oxygen atoms in total. The van der Waals surface area contributed by atoms with Gasteiger partial charge in [-0.3, -0.25) is 0 Å². The molecule has 1 aromatic heterocycles. The normalized spacial score (nSPS) is 22.0. The largest absolute Gasteiger partial charge is 0.368 e. The van der Waals surface area contributed by atoms with E-state index in [4.69, 9.17) is 5.73 Å². The van der Waals surface area contributed by atoms with Crippen molar-refractivity contribution in [1.29, 1.82) is 0 Å². The zero-order chi connectivity index (χ0) is 13.3. The van der Waals surface area contributed by atoms with Crippen LogP contribution in [0, 0.1) is 6.92 Å². The number of nitrogens with two attached hydrogens (primary N) is 1. The highest BCUT2D eigenvalue weighted by Gasteiger charge is 2.28. The SMILES string of the molecule is Cc1cnc(N)nc1C1CCCN(S(C)(=O)=O)C1. The molecule has 100 valence electrons. The van der Waals surface area contributed by atoms with Gasteiger partial charge in [0.15, 0.2) is 0 Å². The molecule has 1 saturated heterocycles. The molecule has 2 heterocycles. The van der Waals surface area contributed by atoms with Crippen molar-refractivity contribution in [2.24, 2.45) is 0 Å². The van der Waals surface area contributed by atoms with Crippen LogP contribution in [-0.4, -0.2) is 42.0 Å². The Morgan fingerprint density at radius 1 is 1.50 bits per heavy atom. The zero-order valence-electron chi connectivity index (χ0n) is 10.6. The van der Waals surface area contributed by atoms with Gasteiger partial charge in [-0.15, -0.1) is 0 Å². The monoisotopic (exact) mass is 270 g/mol. The second-order valence-electron chi connectivity index (χ2n) is 4.76. The Morgan fingerprint density at radius 2 is 2.22 bits per heavy atom. The minimum Gasteiger partial charge on any atom is -0.368 e. The number of aryl methyl sites for hydroxylation is 1. The molecule has 0 radical (unpaired) electrons. The van der Waals surface area contributed by atoms with Crippen LogP contribution >= 0.6 is 0 Å². The fourth-order valence-corrected chi connectivity index (χ4v) is 3.26. The van der Waals surface area contributed by atoms with E-state index in [0.717, 1.165) is 24.1 Å². The van der Waals surface area contributed by atoms with Gasteiger partial charge in [-0.1, -0.05) is 0 Å². The number of piperidine rings is 1. The summed E-state index contributed by atoms with van der Waals surface area (Å²) in [5.41, 5.74) is 7.43. The molecule has 2 rings (SSSR count). The molecular weight excluding hydrogens is 252 g/mol. The van der Waals surface area contributed by atoms with Crippen molar-refractivity contribution in [3.05, 3.63) is 17.5 Å². The van der Waals surface area contributed by atoms with Gasteiger partial charge in [0.05, 0.1) is 11.9 Å². The maximum absolute atomic E-state index is 11.6. The molecule has 1 aromatic rings. The molecule has 7 heteroatoms. The average molecular weight is 270 g/mol. The summed E-state index contributed by atoms with van der Waals surface area (Å²) in [6, 6.07) is 0. The molecular formula is C11H18N4O2S. The zero-order valence-corrected chi connectivity index (χ0v) is 11.4. The summed E-state index contributed by atoms with van der Waals surface area (Å²) >= 11 is 0. The lowest BCUT2D eigenvalue weighted by atomic mass is 9.93. The van der Waals surface area contributed by atoms with Crippen LogP contribution in [-0.2, 0) is 10.0 Å². The van der Waals surface area contributed by atoms with E-state index in [1.807, 2.05) is 6.92 Å². The molecule has 0 saturated carbocycles. The maximum Gasteiger partial charge on any atom is 0.220 e. The third-order valence-corrected chi connectivity index (χ3v) is 4.54. The van der Waals surface area contributed by atoms with Crippen LogP contribution < -0.4 is 5.73 Å². The van der Waals surface area contributed by atoms with Crippen LogP contribution in [0.25, 0.3) is 0 Å². The Bertz CT molecular complexity index is 544. The Kier molecular flexibility index (Phi) is 3.54. The highest BCUT2D eigenvalue weighted by Crippen LogP contribution is 2.28. The van der Waals surface area contributed by atoms with Crippen LogP contribution in [0.2, 0.25) is 0 Å². The minimum atomic E-state index is -3.13. The standard InChI is InChI=1S/C11H18N4O2S/c1-8-6-13-11(12)14-10(8)9-4-3-5-15(7-9)18(2,16)17/h6,9H,3-5,7H2,1-2H3,(H2,12,13,14). The van der Waals surface area contributed by atoms with E-state index in [9.17, 15) is 8.42 Å². The molecule has 0 bridgehead atoms. The highest BCUT2D eigenvalue weighted by atomic mass is 32.2. The Hall–Kier alpha value is -1.21. The predicted octanol–water partition coefficient (Wildman–Crippen LogP) is 0.506. The van der Waals surface area contributed by atoms with Crippen LogP contribution in [0.4, 0.5) is 5.95 Å². The number of nitrogens with zero attached hydrogens (tertiary/aromatic N) is 3. The van der Waals surface area contributed by atoms with Gasteiger partial charge in [-0.05, 0) is 25.3 Å². The lowest BCUT2D eigenvalue weighted by Gasteiger charge is -2.31. The van der Waals surface area contributed by atoms with E-state index in [-0.39, 0.29) is 11.9 Å². The second-order valence-corrected chi connectivity index (χ2v) is 6.74. The van der Waals surface area contributed by atoms with E-state index in [1.54, 1.807) is 6.20 Å². The van der Waals surface area contributed by atoms with E-state index in [2.05, 4.69) is 9.97 Å². The molecule has 1 aliphatic rings. The smallest absolute Gasteiger partial charge is 0.220 e. The fraction of sp³-hybridized carbons (Fsp3) is 0.636. The molecule has 0 amide bonds. The topological polar surface area (TPSA) is 89.2 Å². The molecule has 1 atom stereocenters. The van der Waals surface area contributed by atoms with Gasteiger partial charge in [-0.2, -0.15) is 0 Å². The first-order valence-electron chi connectivity index (χ1n) is 5.92. The number of anilines is 1.